The summed E-state index contributed by atoms with van der Waals surface area (Å²) in [4.78, 5) is 41.7. The Balaban J connectivity index is 1.52. The molecule has 2 amide bonds. The van der Waals surface area contributed by atoms with Gasteiger partial charge in [-0.3, -0.25) is 9.59 Å². The van der Waals surface area contributed by atoms with E-state index >= 15 is 0 Å². The van der Waals surface area contributed by atoms with E-state index in [1.807, 2.05) is 117 Å². The third-order valence-electron chi connectivity index (χ3n) is 6.65. The van der Waals surface area contributed by atoms with Crippen LogP contribution in [0.1, 0.15) is 37.2 Å². The first-order chi connectivity index (χ1) is 21.4. The van der Waals surface area contributed by atoms with Crippen molar-refractivity contribution in [1.82, 2.24) is 10.6 Å². The lowest BCUT2D eigenvalue weighted by Crippen LogP contribution is -2.53. The van der Waals surface area contributed by atoms with Gasteiger partial charge in [-0.15, -0.1) is 23.5 Å². The third-order valence-corrected chi connectivity index (χ3v) is 9.32. The molecule has 4 rings (SSSR count). The smallest absolute Gasteiger partial charge is 0.408 e. The molecule has 0 aliphatic rings. The second-order valence-electron chi connectivity index (χ2n) is 10.7. The first-order valence-electron chi connectivity index (χ1n) is 14.6. The standard InChI is InChI=1S/C35H38N2O5S2/c1-25(2)21-31(37-35(40)42-23-27-15-8-4-9-16-27)33(39)36-30(22-26-13-6-3-7-14-26)32(38)34(43-24-28-17-12-20-41-28)44-29-18-10-5-11-19-29/h3-20,25,30-31,34H,21-24H2,1-2H3,(H,36,39)(H,37,40)/t30-,31-,34?/m0/s1. The number of furan rings is 1. The van der Waals surface area contributed by atoms with Crippen molar-refractivity contribution in [3.63, 3.8) is 0 Å². The molecule has 2 N–H and O–H groups in total. The highest BCUT2D eigenvalue weighted by atomic mass is 32.2. The minimum Gasteiger partial charge on any atom is -0.468 e. The number of hydrogen-bond donors (Lipinski definition) is 2. The Morgan fingerprint density at radius 3 is 2.02 bits per heavy atom. The van der Waals surface area contributed by atoms with E-state index < -0.39 is 28.7 Å². The summed E-state index contributed by atoms with van der Waals surface area (Å²) in [5.41, 5.74) is 1.76. The molecule has 7 nitrogen and oxygen atoms in total. The van der Waals surface area contributed by atoms with Crippen LogP contribution in [0.4, 0.5) is 4.79 Å². The fourth-order valence-electron chi connectivity index (χ4n) is 4.47. The predicted octanol–water partition coefficient (Wildman–Crippen LogP) is 7.27. The number of nitrogens with one attached hydrogen (secondary N) is 2. The molecule has 44 heavy (non-hydrogen) atoms. The summed E-state index contributed by atoms with van der Waals surface area (Å²) in [5, 5.41) is 5.73. The quantitative estimate of drug-likeness (QED) is 0.0993. The highest BCUT2D eigenvalue weighted by molar-refractivity contribution is 8.17. The molecule has 230 valence electrons. The summed E-state index contributed by atoms with van der Waals surface area (Å²) in [5.74, 6) is 0.820. The van der Waals surface area contributed by atoms with Crippen LogP contribution >= 0.6 is 23.5 Å². The van der Waals surface area contributed by atoms with E-state index in [-0.39, 0.29) is 18.3 Å². The van der Waals surface area contributed by atoms with Crippen LogP contribution in [0.15, 0.2) is 119 Å². The van der Waals surface area contributed by atoms with Crippen molar-refractivity contribution in [3.05, 3.63) is 126 Å². The number of Topliss-reactive ketones (excluding diaryl/α,β-unsaturated/α-hetero) is 1. The lowest BCUT2D eigenvalue weighted by molar-refractivity contribution is -0.128. The predicted molar refractivity (Wildman–Crippen MR) is 176 cm³/mol. The molecule has 0 saturated carbocycles. The maximum absolute atomic E-state index is 14.3. The number of carbonyl (C=O) groups is 3. The van der Waals surface area contributed by atoms with Crippen molar-refractivity contribution in [3.8, 4) is 0 Å². The van der Waals surface area contributed by atoms with E-state index in [4.69, 9.17) is 9.15 Å². The molecule has 0 aliphatic heterocycles. The molecule has 1 unspecified atom stereocenters. The van der Waals surface area contributed by atoms with Crippen LogP contribution < -0.4 is 10.6 Å². The van der Waals surface area contributed by atoms with Gasteiger partial charge in [-0.2, -0.15) is 0 Å². The van der Waals surface area contributed by atoms with Gasteiger partial charge < -0.3 is 19.8 Å². The normalized spacial score (nSPS) is 13.1. The molecule has 0 fully saturated rings. The van der Waals surface area contributed by atoms with Crippen LogP contribution in [0.3, 0.4) is 0 Å². The average molecular weight is 631 g/mol. The first-order valence-corrected chi connectivity index (χ1v) is 16.5. The maximum Gasteiger partial charge on any atom is 0.408 e. The largest absolute Gasteiger partial charge is 0.468 e. The molecule has 0 spiro atoms. The van der Waals surface area contributed by atoms with Crippen LogP contribution in [-0.2, 0) is 33.1 Å². The van der Waals surface area contributed by atoms with Gasteiger partial charge in [0.05, 0.1) is 18.1 Å². The van der Waals surface area contributed by atoms with E-state index in [9.17, 15) is 14.4 Å². The van der Waals surface area contributed by atoms with Gasteiger partial charge in [0.2, 0.25) is 5.91 Å². The molecule has 9 heteroatoms. The monoisotopic (exact) mass is 630 g/mol. The molecule has 1 aromatic heterocycles. The lowest BCUT2D eigenvalue weighted by Gasteiger charge is -2.26. The fraction of sp³-hybridized carbons (Fsp3) is 0.286. The summed E-state index contributed by atoms with van der Waals surface area (Å²) < 4.78 is 10.4. The van der Waals surface area contributed by atoms with Gasteiger partial charge in [-0.25, -0.2) is 4.79 Å². The number of thioether (sulfide) groups is 2. The molecule has 3 aromatic carbocycles. The molecule has 0 radical (unpaired) electrons. The Bertz CT molecular complexity index is 1430. The third kappa shape index (κ3) is 11.0. The molecule has 0 saturated heterocycles. The SMILES string of the molecule is CC(C)C[C@H](NC(=O)OCc1ccccc1)C(=O)N[C@@H](Cc1ccccc1)C(=O)C(SCc1ccco1)Sc1ccccc1. The summed E-state index contributed by atoms with van der Waals surface area (Å²) in [6, 6.07) is 30.7. The van der Waals surface area contributed by atoms with Crippen LogP contribution in [-0.4, -0.2) is 34.4 Å². The van der Waals surface area contributed by atoms with Crippen LogP contribution in [0.25, 0.3) is 0 Å². The number of alkyl carbamates (subject to hydrolysis) is 1. The van der Waals surface area contributed by atoms with Crippen molar-refractivity contribution in [1.29, 1.82) is 0 Å². The summed E-state index contributed by atoms with van der Waals surface area (Å²) in [6.45, 7) is 4.03. The maximum atomic E-state index is 14.3. The highest BCUT2D eigenvalue weighted by Gasteiger charge is 2.33. The zero-order valence-corrected chi connectivity index (χ0v) is 26.5. The van der Waals surface area contributed by atoms with Gasteiger partial charge in [0.25, 0.3) is 0 Å². The molecule has 0 aliphatic carbocycles. The summed E-state index contributed by atoms with van der Waals surface area (Å²) in [6.07, 6.45) is 1.62. The second-order valence-corrected chi connectivity index (χ2v) is 13.3. The molecule has 1 heterocycles. The van der Waals surface area contributed by atoms with E-state index in [2.05, 4.69) is 10.6 Å². The zero-order chi connectivity index (χ0) is 31.1. The number of ether oxygens (including phenoxy) is 1. The topological polar surface area (TPSA) is 97.6 Å². The Labute approximate surface area is 267 Å². The lowest BCUT2D eigenvalue weighted by atomic mass is 10.00. The second kappa shape index (κ2) is 17.4. The minimum absolute atomic E-state index is 0.0864. The average Bonchev–Trinajstić information content (AvgIpc) is 3.56. The summed E-state index contributed by atoms with van der Waals surface area (Å²) in [7, 11) is 0. The van der Waals surface area contributed by atoms with Crippen LogP contribution in [0.5, 0.6) is 0 Å². The number of benzene rings is 3. The molecule has 3 atom stereocenters. The Hall–Kier alpha value is -3.95. The van der Waals surface area contributed by atoms with Crippen molar-refractivity contribution < 1.29 is 23.5 Å². The number of ketones is 1. The number of hydrogen-bond acceptors (Lipinski definition) is 7. The Morgan fingerprint density at radius 1 is 0.773 bits per heavy atom. The Morgan fingerprint density at radius 2 is 1.41 bits per heavy atom. The van der Waals surface area contributed by atoms with Crippen LogP contribution in [0.2, 0.25) is 0 Å². The van der Waals surface area contributed by atoms with Crippen molar-refractivity contribution >= 4 is 41.3 Å². The zero-order valence-electron chi connectivity index (χ0n) is 24.9. The van der Waals surface area contributed by atoms with Gasteiger partial charge in [0.15, 0.2) is 5.78 Å². The fourth-order valence-corrected chi connectivity index (χ4v) is 6.93. The van der Waals surface area contributed by atoms with Gasteiger partial charge in [0.1, 0.15) is 23.0 Å². The van der Waals surface area contributed by atoms with E-state index in [1.165, 1.54) is 23.5 Å². The molecular formula is C35H38N2O5S2. The number of carbonyl (C=O) groups excluding carboxylic acids is 3. The molecular weight excluding hydrogens is 593 g/mol. The van der Waals surface area contributed by atoms with E-state index in [0.717, 1.165) is 21.8 Å². The highest BCUT2D eigenvalue weighted by Crippen LogP contribution is 2.34. The number of amides is 2. The van der Waals surface area contributed by atoms with Crippen molar-refractivity contribution in [2.75, 3.05) is 0 Å². The molecule has 4 aromatic rings. The van der Waals surface area contributed by atoms with Crippen LogP contribution in [0, 0.1) is 5.92 Å². The van der Waals surface area contributed by atoms with Gasteiger partial charge in [-0.05, 0) is 54.2 Å². The molecule has 0 bridgehead atoms. The number of rotatable bonds is 16. The van der Waals surface area contributed by atoms with E-state index in [0.29, 0.717) is 18.6 Å². The Kier molecular flexibility index (Phi) is 13.0. The van der Waals surface area contributed by atoms with Gasteiger partial charge in [-0.1, -0.05) is 92.7 Å². The van der Waals surface area contributed by atoms with Crippen molar-refractivity contribution in [2.45, 2.75) is 60.6 Å². The van der Waals surface area contributed by atoms with Gasteiger partial charge in [0, 0.05) is 4.90 Å². The van der Waals surface area contributed by atoms with Gasteiger partial charge >= 0.3 is 6.09 Å². The summed E-state index contributed by atoms with van der Waals surface area (Å²) >= 11 is 2.91. The van der Waals surface area contributed by atoms with Crippen molar-refractivity contribution in [2.24, 2.45) is 5.92 Å². The minimum atomic E-state index is -0.875. The van der Waals surface area contributed by atoms with E-state index in [1.54, 1.807) is 6.26 Å². The first kappa shape index (κ1) is 33.0.